The zero-order chi connectivity index (χ0) is 34.1. The van der Waals surface area contributed by atoms with E-state index < -0.39 is 58.8 Å². The van der Waals surface area contributed by atoms with E-state index in [0.717, 1.165) is 36.4 Å². The summed E-state index contributed by atoms with van der Waals surface area (Å²) in [5.41, 5.74) is -4.12. The van der Waals surface area contributed by atoms with Crippen molar-refractivity contribution in [2.45, 2.75) is 70.3 Å². The second-order valence-corrected chi connectivity index (χ2v) is 11.6. The van der Waals surface area contributed by atoms with Gasteiger partial charge in [-0.2, -0.15) is 26.3 Å². The summed E-state index contributed by atoms with van der Waals surface area (Å²) < 4.78 is 97.6. The summed E-state index contributed by atoms with van der Waals surface area (Å²) in [7, 11) is 0. The van der Waals surface area contributed by atoms with Crippen LogP contribution >= 0.6 is 0 Å². The fourth-order valence-corrected chi connectivity index (χ4v) is 5.34. The molecule has 7 nitrogen and oxygen atoms in total. The molecule has 0 aromatic heterocycles. The summed E-state index contributed by atoms with van der Waals surface area (Å²) in [6.45, 7) is 8.24. The Morgan fingerprint density at radius 3 is 1.54 bits per heavy atom. The van der Waals surface area contributed by atoms with Crippen LogP contribution in [0.1, 0.15) is 69.1 Å². The van der Waals surface area contributed by atoms with Gasteiger partial charge >= 0.3 is 24.3 Å². The molecule has 4 rings (SSSR count). The van der Waals surface area contributed by atoms with E-state index >= 15 is 0 Å². The van der Waals surface area contributed by atoms with E-state index in [2.05, 4.69) is 5.32 Å². The van der Waals surface area contributed by atoms with E-state index in [1.165, 1.54) is 26.0 Å². The second kappa shape index (κ2) is 12.9. The number of hydrogen-bond donors (Lipinski definition) is 1. The Labute approximate surface area is 262 Å². The molecule has 0 unspecified atom stereocenters. The summed E-state index contributed by atoms with van der Waals surface area (Å²) in [6.07, 6.45) is -10.5. The largest absolute Gasteiger partial charge is 0.488 e. The average molecular weight is 653 g/mol. The Morgan fingerprint density at radius 1 is 0.717 bits per heavy atom. The van der Waals surface area contributed by atoms with Gasteiger partial charge in [-0.25, -0.2) is 9.59 Å². The summed E-state index contributed by atoms with van der Waals surface area (Å²) in [6, 6.07) is 13.1. The molecule has 1 aliphatic rings. The Hall–Kier alpha value is -4.26. The predicted molar refractivity (Wildman–Crippen MR) is 157 cm³/mol. The number of alkyl halides is 6. The monoisotopic (exact) mass is 652 g/mol. The normalized spacial score (nSPS) is 18.3. The predicted octanol–water partition coefficient (Wildman–Crippen LogP) is 7.62. The molecule has 46 heavy (non-hydrogen) atoms. The minimum atomic E-state index is -4.67. The summed E-state index contributed by atoms with van der Waals surface area (Å²) in [5.74, 6) is -1.68. The maximum absolute atomic E-state index is 13.9. The van der Waals surface area contributed by atoms with E-state index in [1.807, 2.05) is 20.8 Å². The molecule has 0 bridgehead atoms. The van der Waals surface area contributed by atoms with Gasteiger partial charge in [0.1, 0.15) is 17.5 Å². The van der Waals surface area contributed by atoms with Crippen LogP contribution in [0.4, 0.5) is 32.0 Å². The van der Waals surface area contributed by atoms with Gasteiger partial charge in [-0.3, -0.25) is 5.32 Å². The van der Waals surface area contributed by atoms with Crippen molar-refractivity contribution in [3.63, 3.8) is 0 Å². The Bertz CT molecular complexity index is 1500. The van der Waals surface area contributed by atoms with Crippen LogP contribution in [-0.2, 0) is 31.4 Å². The number of anilines is 1. The van der Waals surface area contributed by atoms with Crippen molar-refractivity contribution < 1.29 is 50.1 Å². The van der Waals surface area contributed by atoms with Gasteiger partial charge in [0.05, 0.1) is 30.4 Å². The first-order chi connectivity index (χ1) is 21.4. The van der Waals surface area contributed by atoms with Gasteiger partial charge in [-0.1, -0.05) is 24.3 Å². The molecule has 2 atom stereocenters. The molecule has 248 valence electrons. The van der Waals surface area contributed by atoms with Crippen molar-refractivity contribution >= 4 is 17.6 Å². The number of ether oxygens (including phenoxy) is 3. The number of carbonyl (C=O) groups excluding carboxylic acids is 2. The van der Waals surface area contributed by atoms with Gasteiger partial charge < -0.3 is 19.1 Å². The lowest BCUT2D eigenvalue weighted by Crippen LogP contribution is -2.60. The fourth-order valence-electron chi connectivity index (χ4n) is 5.34. The van der Waals surface area contributed by atoms with Crippen LogP contribution in [-0.4, -0.2) is 36.3 Å². The molecule has 0 aliphatic carbocycles. The highest BCUT2D eigenvalue weighted by Gasteiger charge is 2.65. The Kier molecular flexibility index (Phi) is 9.67. The highest BCUT2D eigenvalue weighted by Crippen LogP contribution is 2.49. The molecule has 1 aliphatic heterocycles. The molecule has 3 aromatic carbocycles. The van der Waals surface area contributed by atoms with Gasteiger partial charge in [-0.05, 0) is 94.3 Å². The number of hydrogen-bond acceptors (Lipinski definition) is 7. The van der Waals surface area contributed by atoms with Gasteiger partial charge in [0, 0.05) is 5.69 Å². The molecule has 3 aromatic rings. The van der Waals surface area contributed by atoms with Crippen LogP contribution < -0.4 is 15.0 Å². The van der Waals surface area contributed by atoms with Crippen LogP contribution in [0.3, 0.4) is 0 Å². The van der Waals surface area contributed by atoms with Gasteiger partial charge in [0.15, 0.2) is 0 Å². The van der Waals surface area contributed by atoms with Gasteiger partial charge in [-0.15, -0.1) is 0 Å². The average Bonchev–Trinajstić information content (AvgIpc) is 3.34. The van der Waals surface area contributed by atoms with E-state index in [1.54, 1.807) is 29.2 Å². The van der Waals surface area contributed by atoms with Crippen LogP contribution in [0.15, 0.2) is 72.8 Å². The van der Waals surface area contributed by atoms with Crippen molar-refractivity contribution in [2.75, 3.05) is 18.1 Å². The number of nitrogens with zero attached hydrogens (tertiary/aromatic N) is 1. The summed E-state index contributed by atoms with van der Waals surface area (Å²) in [4.78, 5) is 29.3. The first-order valence-corrected chi connectivity index (χ1v) is 14.5. The molecule has 1 saturated heterocycles. The van der Waals surface area contributed by atoms with E-state index in [4.69, 9.17) is 14.2 Å². The van der Waals surface area contributed by atoms with E-state index in [9.17, 15) is 35.9 Å². The quantitative estimate of drug-likeness (QED) is 0.153. The van der Waals surface area contributed by atoms with Crippen LogP contribution in [0, 0.1) is 0 Å². The minimum absolute atomic E-state index is 0.103. The molecule has 1 N–H and O–H groups in total. The first kappa shape index (κ1) is 34.6. The molecular weight excluding hydrogens is 618 g/mol. The third-order valence-corrected chi connectivity index (χ3v) is 7.19. The maximum atomic E-state index is 13.9. The number of carbonyl (C=O) groups is 2. The third-order valence-electron chi connectivity index (χ3n) is 7.19. The molecule has 13 heteroatoms. The fraction of sp³-hybridized carbons (Fsp3) is 0.394. The number of esters is 2. The molecule has 1 heterocycles. The lowest BCUT2D eigenvalue weighted by molar-refractivity contribution is -0.166. The Morgan fingerprint density at radius 2 is 1.15 bits per heavy atom. The van der Waals surface area contributed by atoms with Crippen LogP contribution in [0.5, 0.6) is 5.75 Å². The van der Waals surface area contributed by atoms with Crippen molar-refractivity contribution in [3.05, 3.63) is 95.1 Å². The summed E-state index contributed by atoms with van der Waals surface area (Å²) >= 11 is 0. The highest BCUT2D eigenvalue weighted by atomic mass is 19.4. The van der Waals surface area contributed by atoms with Gasteiger partial charge in [0.25, 0.3) is 0 Å². The van der Waals surface area contributed by atoms with Crippen molar-refractivity contribution in [1.29, 1.82) is 0 Å². The topological polar surface area (TPSA) is 77.1 Å². The van der Waals surface area contributed by atoms with E-state index in [0.29, 0.717) is 11.4 Å². The molecule has 0 saturated carbocycles. The van der Waals surface area contributed by atoms with Crippen molar-refractivity contribution in [3.8, 4) is 5.75 Å². The number of rotatable bonds is 8. The SMILES string of the molecule is CCOC(=O)C1(C(=O)OCC)N[C@@H](c2ccc(C(F)(F)F)cc2)N(c2ccc(OC(C)(C)C)cc2)[C@H]1c1ccc(C(F)(F)F)cc1. The second-order valence-electron chi connectivity index (χ2n) is 11.6. The standard InChI is InChI=1S/C33H34F6N2O5/c1-6-44-28(42)31(29(43)45-7-2)26(20-8-12-22(13-9-20)32(34,35)36)41(24-16-18-25(19-17-24)46-30(3,4)5)27(40-31)21-10-14-23(15-11-21)33(37,38)39/h8-19,26-27,40H,6-7H2,1-5H3/t26-,27+/m0/s1. The number of benzene rings is 3. The molecular formula is C33H34F6N2O5. The van der Waals surface area contributed by atoms with Crippen LogP contribution in [0.25, 0.3) is 0 Å². The molecule has 0 spiro atoms. The maximum Gasteiger partial charge on any atom is 0.416 e. The first-order valence-electron chi connectivity index (χ1n) is 14.5. The zero-order valence-electron chi connectivity index (χ0n) is 25.8. The lowest BCUT2D eigenvalue weighted by atomic mass is 9.85. The molecule has 0 radical (unpaired) electrons. The van der Waals surface area contributed by atoms with Crippen LogP contribution in [0.2, 0.25) is 0 Å². The third kappa shape index (κ3) is 7.09. The van der Waals surface area contributed by atoms with Crippen molar-refractivity contribution in [2.24, 2.45) is 0 Å². The zero-order valence-corrected chi connectivity index (χ0v) is 25.8. The highest BCUT2D eigenvalue weighted by molar-refractivity contribution is 6.07. The van der Waals surface area contributed by atoms with Gasteiger partial charge in [0.2, 0.25) is 5.54 Å². The summed E-state index contributed by atoms with van der Waals surface area (Å²) in [5, 5.41) is 2.99. The Balaban J connectivity index is 2.00. The van der Waals surface area contributed by atoms with E-state index in [-0.39, 0.29) is 24.3 Å². The number of halogens is 6. The number of nitrogens with one attached hydrogen (secondary N) is 1. The molecule has 1 fully saturated rings. The molecule has 0 amide bonds. The lowest BCUT2D eigenvalue weighted by Gasteiger charge is -2.36. The van der Waals surface area contributed by atoms with Crippen molar-refractivity contribution in [1.82, 2.24) is 5.32 Å². The minimum Gasteiger partial charge on any atom is -0.488 e. The smallest absolute Gasteiger partial charge is 0.416 e.